The molecule has 0 atom stereocenters. The molecular weight excluding hydrogens is 264 g/mol. The van der Waals surface area contributed by atoms with E-state index in [1.54, 1.807) is 0 Å². The predicted octanol–water partition coefficient (Wildman–Crippen LogP) is 3.26. The van der Waals surface area contributed by atoms with Crippen LogP contribution in [-0.2, 0) is 0 Å². The Labute approximate surface area is 123 Å². The molecule has 0 spiro atoms. The smallest absolute Gasteiger partial charge is 0.229 e. The lowest BCUT2D eigenvalue weighted by Gasteiger charge is -2.10. The van der Waals surface area contributed by atoms with Crippen molar-refractivity contribution in [1.82, 2.24) is 9.97 Å². The lowest BCUT2D eigenvalue weighted by atomic mass is 10.0. The number of aromatic nitrogens is 2. The molecule has 21 heavy (non-hydrogen) atoms. The van der Waals surface area contributed by atoms with E-state index in [1.165, 1.54) is 12.8 Å². The molecule has 0 saturated heterocycles. The third-order valence-electron chi connectivity index (χ3n) is 3.60. The monoisotopic (exact) mass is 282 g/mol. The molecule has 3 rings (SSSR count). The average Bonchev–Trinajstić information content (AvgIpc) is 3.31. The predicted molar refractivity (Wildman–Crippen MR) is 83.4 cm³/mol. The maximum absolute atomic E-state index is 11.2. The summed E-state index contributed by atoms with van der Waals surface area (Å²) in [7, 11) is 1.82. The first-order chi connectivity index (χ1) is 10.2. The lowest BCUT2D eigenvalue weighted by molar-refractivity contribution is 0.112. The fraction of sp³-hybridized carbons (Fsp3) is 0.312. The number of carbonyl (C=O) groups excluding carboxylic acids is 1. The van der Waals surface area contributed by atoms with Gasteiger partial charge in [-0.2, -0.15) is 4.98 Å². The lowest BCUT2D eigenvalue weighted by Crippen LogP contribution is -2.03. The van der Waals surface area contributed by atoms with Crippen molar-refractivity contribution in [3.63, 3.8) is 0 Å². The van der Waals surface area contributed by atoms with Crippen LogP contribution in [0.3, 0.4) is 0 Å². The van der Waals surface area contributed by atoms with Gasteiger partial charge in [-0.25, -0.2) is 4.98 Å². The number of nitrogens with one attached hydrogen (secondary N) is 2. The van der Waals surface area contributed by atoms with E-state index in [4.69, 9.17) is 0 Å². The quantitative estimate of drug-likeness (QED) is 0.824. The Hall–Kier alpha value is -2.43. The maximum Gasteiger partial charge on any atom is 0.229 e. The van der Waals surface area contributed by atoms with E-state index in [0.29, 0.717) is 11.9 Å². The van der Waals surface area contributed by atoms with Crippen LogP contribution in [0.15, 0.2) is 24.3 Å². The molecule has 1 heterocycles. The Balaban J connectivity index is 1.87. The van der Waals surface area contributed by atoms with Crippen LogP contribution in [0.5, 0.6) is 0 Å². The number of hydrogen-bond acceptors (Lipinski definition) is 5. The van der Waals surface area contributed by atoms with Crippen molar-refractivity contribution >= 4 is 23.7 Å². The number of nitrogens with zero attached hydrogens (tertiary/aromatic N) is 2. The Morgan fingerprint density at radius 1 is 1.24 bits per heavy atom. The summed E-state index contributed by atoms with van der Waals surface area (Å²) in [4.78, 5) is 20.0. The van der Waals surface area contributed by atoms with Crippen molar-refractivity contribution < 1.29 is 4.79 Å². The Bertz CT molecular complexity index is 680. The third kappa shape index (κ3) is 3.02. The zero-order chi connectivity index (χ0) is 14.8. The molecule has 1 aliphatic carbocycles. The van der Waals surface area contributed by atoms with Gasteiger partial charge < -0.3 is 10.6 Å². The Morgan fingerprint density at radius 2 is 2.05 bits per heavy atom. The molecule has 0 aliphatic heterocycles. The Morgan fingerprint density at radius 3 is 2.71 bits per heavy atom. The minimum atomic E-state index is 0.523. The van der Waals surface area contributed by atoms with E-state index in [9.17, 15) is 4.79 Å². The molecule has 1 aromatic heterocycles. The molecule has 0 amide bonds. The minimum Gasteiger partial charge on any atom is -0.373 e. The van der Waals surface area contributed by atoms with Crippen LogP contribution in [0.4, 0.5) is 17.5 Å². The van der Waals surface area contributed by atoms with Gasteiger partial charge in [0.15, 0.2) is 0 Å². The molecule has 1 aromatic carbocycles. The zero-order valence-electron chi connectivity index (χ0n) is 12.2. The van der Waals surface area contributed by atoms with Gasteiger partial charge in [0, 0.05) is 30.1 Å². The number of carbonyl (C=O) groups is 1. The van der Waals surface area contributed by atoms with Gasteiger partial charge in [-0.15, -0.1) is 0 Å². The maximum atomic E-state index is 11.2. The number of rotatable bonds is 5. The van der Waals surface area contributed by atoms with E-state index in [0.717, 1.165) is 34.6 Å². The van der Waals surface area contributed by atoms with Crippen LogP contribution in [0, 0.1) is 6.92 Å². The molecule has 0 radical (unpaired) electrons. The second-order valence-electron chi connectivity index (χ2n) is 5.33. The normalized spacial score (nSPS) is 13.8. The van der Waals surface area contributed by atoms with Gasteiger partial charge in [0.05, 0.1) is 0 Å². The zero-order valence-corrected chi connectivity index (χ0v) is 12.2. The van der Waals surface area contributed by atoms with Crippen molar-refractivity contribution in [3.8, 4) is 0 Å². The van der Waals surface area contributed by atoms with E-state index < -0.39 is 0 Å². The molecular formula is C16H18N4O. The van der Waals surface area contributed by atoms with Crippen molar-refractivity contribution in [1.29, 1.82) is 0 Å². The first-order valence-electron chi connectivity index (χ1n) is 7.09. The molecule has 0 bridgehead atoms. The molecule has 1 saturated carbocycles. The number of hydrogen-bond donors (Lipinski definition) is 2. The Kier molecular flexibility index (Phi) is 3.56. The van der Waals surface area contributed by atoms with Crippen LogP contribution >= 0.6 is 0 Å². The standard InChI is InChI=1S/C16H18N4O/c1-10-7-15(17-2)20-16(18-10)19-13-5-6-14(11-3-4-11)12(8-13)9-21/h5-9,11H,3-4H2,1-2H3,(H2,17,18,19,20). The SMILES string of the molecule is CNc1cc(C)nc(Nc2ccc(C3CC3)c(C=O)c2)n1. The first-order valence-corrected chi connectivity index (χ1v) is 7.09. The van der Waals surface area contributed by atoms with Crippen molar-refractivity contribution in [2.75, 3.05) is 17.7 Å². The van der Waals surface area contributed by atoms with E-state index in [-0.39, 0.29) is 0 Å². The van der Waals surface area contributed by atoms with Crippen LogP contribution in [0.2, 0.25) is 0 Å². The number of benzene rings is 1. The summed E-state index contributed by atoms with van der Waals surface area (Å²) in [5.74, 6) is 1.84. The van der Waals surface area contributed by atoms with E-state index in [2.05, 4.69) is 20.6 Å². The highest BCUT2D eigenvalue weighted by Gasteiger charge is 2.25. The molecule has 5 nitrogen and oxygen atoms in total. The summed E-state index contributed by atoms with van der Waals surface area (Å²) in [5, 5.41) is 6.16. The minimum absolute atomic E-state index is 0.523. The summed E-state index contributed by atoms with van der Waals surface area (Å²) < 4.78 is 0. The van der Waals surface area contributed by atoms with Crippen LogP contribution in [-0.4, -0.2) is 23.3 Å². The molecule has 2 aromatic rings. The van der Waals surface area contributed by atoms with Gasteiger partial charge in [-0.05, 0) is 43.4 Å². The summed E-state index contributed by atoms with van der Waals surface area (Å²) in [5.41, 5.74) is 3.61. The third-order valence-corrected chi connectivity index (χ3v) is 3.60. The van der Waals surface area contributed by atoms with E-state index in [1.807, 2.05) is 38.2 Å². The van der Waals surface area contributed by atoms with Crippen LogP contribution in [0.25, 0.3) is 0 Å². The summed E-state index contributed by atoms with van der Waals surface area (Å²) in [6.07, 6.45) is 3.29. The highest BCUT2D eigenvalue weighted by molar-refractivity contribution is 5.80. The van der Waals surface area contributed by atoms with Gasteiger partial charge >= 0.3 is 0 Å². The molecule has 1 aliphatic rings. The van der Waals surface area contributed by atoms with Crippen LogP contribution < -0.4 is 10.6 Å². The number of aldehydes is 1. The van der Waals surface area contributed by atoms with Crippen molar-refractivity contribution in [2.45, 2.75) is 25.7 Å². The van der Waals surface area contributed by atoms with Crippen molar-refractivity contribution in [3.05, 3.63) is 41.1 Å². The number of aryl methyl sites for hydroxylation is 1. The highest BCUT2D eigenvalue weighted by Crippen LogP contribution is 2.41. The van der Waals surface area contributed by atoms with Gasteiger partial charge in [-0.1, -0.05) is 6.07 Å². The second-order valence-corrected chi connectivity index (χ2v) is 5.33. The van der Waals surface area contributed by atoms with E-state index >= 15 is 0 Å². The molecule has 5 heteroatoms. The summed E-state index contributed by atoms with van der Waals surface area (Å²) in [6, 6.07) is 7.74. The summed E-state index contributed by atoms with van der Waals surface area (Å²) >= 11 is 0. The molecule has 2 N–H and O–H groups in total. The number of anilines is 3. The molecule has 0 unspecified atom stereocenters. The van der Waals surface area contributed by atoms with Gasteiger partial charge in [-0.3, -0.25) is 4.79 Å². The van der Waals surface area contributed by atoms with Gasteiger partial charge in [0.1, 0.15) is 12.1 Å². The second kappa shape index (κ2) is 5.52. The fourth-order valence-corrected chi connectivity index (χ4v) is 2.40. The molecule has 1 fully saturated rings. The molecule has 108 valence electrons. The fourth-order valence-electron chi connectivity index (χ4n) is 2.40. The van der Waals surface area contributed by atoms with Gasteiger partial charge in [0.2, 0.25) is 5.95 Å². The average molecular weight is 282 g/mol. The highest BCUT2D eigenvalue weighted by atomic mass is 16.1. The topological polar surface area (TPSA) is 66.9 Å². The van der Waals surface area contributed by atoms with Crippen LogP contribution in [0.1, 0.15) is 40.4 Å². The summed E-state index contributed by atoms with van der Waals surface area (Å²) in [6.45, 7) is 1.92. The van der Waals surface area contributed by atoms with Crippen molar-refractivity contribution in [2.24, 2.45) is 0 Å². The van der Waals surface area contributed by atoms with Gasteiger partial charge in [0.25, 0.3) is 0 Å². The first kappa shape index (κ1) is 13.5. The largest absolute Gasteiger partial charge is 0.373 e.